The molecule has 0 radical (unpaired) electrons. The van der Waals surface area contributed by atoms with Crippen LogP contribution in [-0.4, -0.2) is 16.5 Å². The number of halogens is 1. The Morgan fingerprint density at radius 1 is 0.955 bits per heavy atom. The van der Waals surface area contributed by atoms with E-state index in [-0.39, 0.29) is 0 Å². The second kappa shape index (κ2) is 5.54. The number of fused-ring (bicyclic) bond motifs is 1. The SMILES string of the molecule is Brc1ccc(-c2ccnc(N3CCc4ccccc43)n2)cc1. The molecular formula is C18H14BrN3. The lowest BCUT2D eigenvalue weighted by Gasteiger charge is -2.17. The van der Waals surface area contributed by atoms with E-state index in [4.69, 9.17) is 4.98 Å². The Balaban J connectivity index is 1.73. The van der Waals surface area contributed by atoms with E-state index >= 15 is 0 Å². The van der Waals surface area contributed by atoms with Crippen LogP contribution in [0, 0.1) is 0 Å². The molecule has 1 aliphatic rings. The fourth-order valence-corrected chi connectivity index (χ4v) is 3.07. The first-order valence-corrected chi connectivity index (χ1v) is 8.05. The van der Waals surface area contributed by atoms with Gasteiger partial charge in [-0.1, -0.05) is 46.3 Å². The average Bonchev–Trinajstić information content (AvgIpc) is 3.00. The van der Waals surface area contributed by atoms with Crippen molar-refractivity contribution < 1.29 is 0 Å². The third kappa shape index (κ3) is 2.40. The molecular weight excluding hydrogens is 338 g/mol. The number of nitrogens with zero attached hydrogens (tertiary/aromatic N) is 3. The Kier molecular flexibility index (Phi) is 3.39. The van der Waals surface area contributed by atoms with Gasteiger partial charge in [-0.3, -0.25) is 0 Å². The van der Waals surface area contributed by atoms with Crippen LogP contribution in [0.3, 0.4) is 0 Å². The minimum absolute atomic E-state index is 0.769. The summed E-state index contributed by atoms with van der Waals surface area (Å²) in [5.41, 5.74) is 4.62. The smallest absolute Gasteiger partial charge is 0.230 e. The maximum Gasteiger partial charge on any atom is 0.230 e. The molecule has 2 heterocycles. The van der Waals surface area contributed by atoms with Gasteiger partial charge in [-0.15, -0.1) is 0 Å². The van der Waals surface area contributed by atoms with Gasteiger partial charge < -0.3 is 4.90 Å². The van der Waals surface area contributed by atoms with Crippen molar-refractivity contribution in [2.75, 3.05) is 11.4 Å². The van der Waals surface area contributed by atoms with E-state index in [0.29, 0.717) is 0 Å². The summed E-state index contributed by atoms with van der Waals surface area (Å²) in [4.78, 5) is 11.4. The van der Waals surface area contributed by atoms with Crippen molar-refractivity contribution in [2.24, 2.45) is 0 Å². The molecule has 0 saturated carbocycles. The highest BCUT2D eigenvalue weighted by Gasteiger charge is 2.21. The fraction of sp³-hybridized carbons (Fsp3) is 0.111. The van der Waals surface area contributed by atoms with Crippen molar-refractivity contribution in [1.82, 2.24) is 9.97 Å². The van der Waals surface area contributed by atoms with Crippen molar-refractivity contribution >= 4 is 27.6 Å². The zero-order valence-corrected chi connectivity index (χ0v) is 13.5. The Labute approximate surface area is 137 Å². The van der Waals surface area contributed by atoms with Gasteiger partial charge in [0.1, 0.15) is 0 Å². The van der Waals surface area contributed by atoms with Crippen LogP contribution in [0.1, 0.15) is 5.56 Å². The molecule has 0 unspecified atom stereocenters. The predicted octanol–water partition coefficient (Wildman–Crippen LogP) is 4.60. The predicted molar refractivity (Wildman–Crippen MR) is 92.3 cm³/mol. The Bertz CT molecular complexity index is 815. The molecule has 4 heteroatoms. The molecule has 2 aromatic carbocycles. The van der Waals surface area contributed by atoms with Gasteiger partial charge >= 0.3 is 0 Å². The van der Waals surface area contributed by atoms with Gasteiger partial charge in [0.25, 0.3) is 0 Å². The van der Waals surface area contributed by atoms with Crippen LogP contribution < -0.4 is 4.90 Å². The molecule has 1 aliphatic heterocycles. The molecule has 108 valence electrons. The quantitative estimate of drug-likeness (QED) is 0.675. The molecule has 4 rings (SSSR count). The molecule has 3 nitrogen and oxygen atoms in total. The number of anilines is 2. The summed E-state index contributed by atoms with van der Waals surface area (Å²) < 4.78 is 1.07. The van der Waals surface area contributed by atoms with E-state index in [1.54, 1.807) is 0 Å². The summed E-state index contributed by atoms with van der Waals surface area (Å²) in [7, 11) is 0. The van der Waals surface area contributed by atoms with E-state index < -0.39 is 0 Å². The largest absolute Gasteiger partial charge is 0.310 e. The van der Waals surface area contributed by atoms with E-state index in [2.05, 4.69) is 62.2 Å². The third-order valence-corrected chi connectivity index (χ3v) is 4.44. The lowest BCUT2D eigenvalue weighted by Crippen LogP contribution is -2.16. The number of aromatic nitrogens is 2. The lowest BCUT2D eigenvalue weighted by atomic mass is 10.1. The van der Waals surface area contributed by atoms with Crippen molar-refractivity contribution in [3.8, 4) is 11.3 Å². The Morgan fingerprint density at radius 3 is 2.64 bits per heavy atom. The number of benzene rings is 2. The molecule has 3 aromatic rings. The zero-order chi connectivity index (χ0) is 14.9. The normalized spacial score (nSPS) is 13.2. The van der Waals surface area contributed by atoms with E-state index in [1.807, 2.05) is 24.4 Å². The monoisotopic (exact) mass is 351 g/mol. The van der Waals surface area contributed by atoms with Crippen LogP contribution in [0.25, 0.3) is 11.3 Å². The second-order valence-corrected chi connectivity index (χ2v) is 6.19. The molecule has 0 saturated heterocycles. The molecule has 0 atom stereocenters. The maximum absolute atomic E-state index is 4.75. The first-order valence-electron chi connectivity index (χ1n) is 7.26. The molecule has 22 heavy (non-hydrogen) atoms. The minimum atomic E-state index is 0.769. The zero-order valence-electron chi connectivity index (χ0n) is 11.9. The summed E-state index contributed by atoms with van der Waals surface area (Å²) in [6.07, 6.45) is 2.88. The average molecular weight is 352 g/mol. The van der Waals surface area contributed by atoms with Crippen LogP contribution in [0.4, 0.5) is 11.6 Å². The van der Waals surface area contributed by atoms with E-state index in [9.17, 15) is 0 Å². The molecule has 0 amide bonds. The van der Waals surface area contributed by atoms with Gasteiger partial charge in [-0.25, -0.2) is 9.97 Å². The topological polar surface area (TPSA) is 29.0 Å². The number of hydrogen-bond donors (Lipinski definition) is 0. The van der Waals surface area contributed by atoms with Crippen molar-refractivity contribution in [3.63, 3.8) is 0 Å². The third-order valence-electron chi connectivity index (χ3n) is 3.91. The van der Waals surface area contributed by atoms with Gasteiger partial charge in [0.2, 0.25) is 5.95 Å². The summed E-state index contributed by atoms with van der Waals surface area (Å²) >= 11 is 3.46. The molecule has 0 fully saturated rings. The minimum Gasteiger partial charge on any atom is -0.310 e. The number of hydrogen-bond acceptors (Lipinski definition) is 3. The van der Waals surface area contributed by atoms with Crippen LogP contribution in [0.5, 0.6) is 0 Å². The van der Waals surface area contributed by atoms with E-state index in [0.717, 1.165) is 34.6 Å². The van der Waals surface area contributed by atoms with Gasteiger partial charge in [0, 0.05) is 28.5 Å². The van der Waals surface area contributed by atoms with Crippen LogP contribution >= 0.6 is 15.9 Å². The number of para-hydroxylation sites is 1. The summed E-state index contributed by atoms with van der Waals surface area (Å²) in [6.45, 7) is 0.934. The van der Waals surface area contributed by atoms with E-state index in [1.165, 1.54) is 11.3 Å². The highest BCUT2D eigenvalue weighted by atomic mass is 79.9. The molecule has 0 bridgehead atoms. The van der Waals surface area contributed by atoms with Crippen LogP contribution in [0.15, 0.2) is 65.3 Å². The van der Waals surface area contributed by atoms with Crippen LogP contribution in [-0.2, 0) is 6.42 Å². The van der Waals surface area contributed by atoms with Crippen molar-refractivity contribution in [2.45, 2.75) is 6.42 Å². The Hall–Kier alpha value is -2.20. The van der Waals surface area contributed by atoms with Crippen LogP contribution in [0.2, 0.25) is 0 Å². The van der Waals surface area contributed by atoms with Crippen molar-refractivity contribution in [1.29, 1.82) is 0 Å². The molecule has 0 spiro atoms. The Morgan fingerprint density at radius 2 is 1.77 bits per heavy atom. The fourth-order valence-electron chi connectivity index (χ4n) is 2.81. The highest BCUT2D eigenvalue weighted by Crippen LogP contribution is 2.33. The summed E-state index contributed by atoms with van der Waals surface area (Å²) in [5, 5.41) is 0. The second-order valence-electron chi connectivity index (χ2n) is 5.28. The van der Waals surface area contributed by atoms with Crippen molar-refractivity contribution in [3.05, 3.63) is 70.8 Å². The standard InChI is InChI=1S/C18H14BrN3/c19-15-7-5-13(6-8-15)16-9-11-20-18(21-16)22-12-10-14-3-1-2-4-17(14)22/h1-9,11H,10,12H2. The first-order chi connectivity index (χ1) is 10.8. The molecule has 0 aliphatic carbocycles. The lowest BCUT2D eigenvalue weighted by molar-refractivity contribution is 0.941. The van der Waals surface area contributed by atoms with Gasteiger partial charge in [-0.2, -0.15) is 0 Å². The summed E-state index contributed by atoms with van der Waals surface area (Å²) in [5.74, 6) is 0.769. The molecule has 1 aromatic heterocycles. The first kappa shape index (κ1) is 13.5. The maximum atomic E-state index is 4.75. The van der Waals surface area contributed by atoms with Gasteiger partial charge in [0.05, 0.1) is 5.69 Å². The highest BCUT2D eigenvalue weighted by molar-refractivity contribution is 9.10. The summed E-state index contributed by atoms with van der Waals surface area (Å²) in [6, 6.07) is 18.6. The molecule has 0 N–H and O–H groups in total. The van der Waals surface area contributed by atoms with Gasteiger partial charge in [-0.05, 0) is 36.2 Å². The van der Waals surface area contributed by atoms with Gasteiger partial charge in [0.15, 0.2) is 0 Å². The number of rotatable bonds is 2.